The van der Waals surface area contributed by atoms with Crippen LogP contribution in [-0.2, 0) is 6.54 Å². The Bertz CT molecular complexity index is 1100. The van der Waals surface area contributed by atoms with Crippen molar-refractivity contribution in [3.8, 4) is 23.0 Å². The number of benzene rings is 2. The van der Waals surface area contributed by atoms with E-state index >= 15 is 0 Å². The summed E-state index contributed by atoms with van der Waals surface area (Å²) in [4.78, 5) is 20.4. The SMILES string of the molecule is O=C(NCc1ccnc(Oc2ccc(F)cc2)c1)c1ccc(-c2cnco2)cc1. The molecule has 7 heteroatoms. The Hall–Kier alpha value is -4.00. The molecule has 6 nitrogen and oxygen atoms in total. The summed E-state index contributed by atoms with van der Waals surface area (Å²) < 4.78 is 23.8. The van der Waals surface area contributed by atoms with E-state index in [2.05, 4.69) is 15.3 Å². The van der Waals surface area contributed by atoms with E-state index in [0.29, 0.717) is 29.5 Å². The van der Waals surface area contributed by atoms with Gasteiger partial charge in [0.1, 0.15) is 11.6 Å². The monoisotopic (exact) mass is 389 g/mol. The van der Waals surface area contributed by atoms with Crippen LogP contribution in [0.4, 0.5) is 4.39 Å². The van der Waals surface area contributed by atoms with Gasteiger partial charge in [0.15, 0.2) is 12.2 Å². The van der Waals surface area contributed by atoms with Gasteiger partial charge in [0.05, 0.1) is 6.20 Å². The van der Waals surface area contributed by atoms with E-state index in [1.165, 1.54) is 30.7 Å². The highest BCUT2D eigenvalue weighted by Gasteiger charge is 2.08. The summed E-state index contributed by atoms with van der Waals surface area (Å²) in [7, 11) is 0. The van der Waals surface area contributed by atoms with E-state index in [1.807, 2.05) is 0 Å². The molecule has 0 saturated carbocycles. The fraction of sp³-hybridized carbons (Fsp3) is 0.0455. The second kappa shape index (κ2) is 8.35. The lowest BCUT2D eigenvalue weighted by molar-refractivity contribution is 0.0951. The molecule has 0 aliphatic carbocycles. The normalized spacial score (nSPS) is 10.5. The van der Waals surface area contributed by atoms with Crippen LogP contribution < -0.4 is 10.1 Å². The van der Waals surface area contributed by atoms with Crippen LogP contribution in [0.3, 0.4) is 0 Å². The third kappa shape index (κ3) is 4.65. The standard InChI is InChI=1S/C22H16FN3O3/c23-18-5-7-19(8-6-18)29-21-11-15(9-10-25-21)12-26-22(27)17-3-1-16(2-4-17)20-13-24-14-28-20/h1-11,13-14H,12H2,(H,26,27). The van der Waals surface area contributed by atoms with Crippen molar-refractivity contribution in [3.63, 3.8) is 0 Å². The molecule has 144 valence electrons. The number of hydrogen-bond acceptors (Lipinski definition) is 5. The Morgan fingerprint density at radius 3 is 2.59 bits per heavy atom. The minimum Gasteiger partial charge on any atom is -0.444 e. The van der Waals surface area contributed by atoms with Crippen molar-refractivity contribution >= 4 is 5.91 Å². The van der Waals surface area contributed by atoms with Crippen LogP contribution in [0.1, 0.15) is 15.9 Å². The third-order valence-electron chi connectivity index (χ3n) is 4.15. The molecular weight excluding hydrogens is 373 g/mol. The van der Waals surface area contributed by atoms with Gasteiger partial charge in [-0.3, -0.25) is 4.79 Å². The molecule has 0 radical (unpaired) electrons. The third-order valence-corrected chi connectivity index (χ3v) is 4.15. The van der Waals surface area contributed by atoms with Crippen molar-refractivity contribution in [1.29, 1.82) is 0 Å². The quantitative estimate of drug-likeness (QED) is 0.522. The first-order valence-electron chi connectivity index (χ1n) is 8.83. The van der Waals surface area contributed by atoms with Crippen LogP contribution in [0, 0.1) is 5.82 Å². The summed E-state index contributed by atoms with van der Waals surface area (Å²) in [5.74, 6) is 0.941. The topological polar surface area (TPSA) is 77.2 Å². The first kappa shape index (κ1) is 18.4. The minimum atomic E-state index is -0.337. The van der Waals surface area contributed by atoms with Gasteiger partial charge in [-0.05, 0) is 48.0 Å². The van der Waals surface area contributed by atoms with Gasteiger partial charge in [-0.1, -0.05) is 12.1 Å². The zero-order chi connectivity index (χ0) is 20.1. The van der Waals surface area contributed by atoms with E-state index in [0.717, 1.165) is 11.1 Å². The minimum absolute atomic E-state index is 0.202. The number of ether oxygens (including phenoxy) is 1. The summed E-state index contributed by atoms with van der Waals surface area (Å²) in [6.45, 7) is 0.311. The number of halogens is 1. The molecule has 2 heterocycles. The van der Waals surface area contributed by atoms with Gasteiger partial charge in [-0.25, -0.2) is 14.4 Å². The van der Waals surface area contributed by atoms with Gasteiger partial charge in [-0.15, -0.1) is 0 Å². The number of nitrogens with one attached hydrogen (secondary N) is 1. The van der Waals surface area contributed by atoms with Crippen molar-refractivity contribution in [1.82, 2.24) is 15.3 Å². The Morgan fingerprint density at radius 1 is 1.07 bits per heavy atom. The number of pyridine rings is 1. The van der Waals surface area contributed by atoms with Gasteiger partial charge >= 0.3 is 0 Å². The molecule has 0 atom stereocenters. The van der Waals surface area contributed by atoms with Crippen molar-refractivity contribution in [2.24, 2.45) is 0 Å². The lowest BCUT2D eigenvalue weighted by Gasteiger charge is -2.08. The Balaban J connectivity index is 1.37. The zero-order valence-electron chi connectivity index (χ0n) is 15.2. The molecular formula is C22H16FN3O3. The summed E-state index contributed by atoms with van der Waals surface area (Å²) in [5.41, 5.74) is 2.20. The molecule has 4 aromatic rings. The fourth-order valence-corrected chi connectivity index (χ4v) is 2.67. The van der Waals surface area contributed by atoms with Crippen LogP contribution in [0.5, 0.6) is 11.6 Å². The molecule has 29 heavy (non-hydrogen) atoms. The summed E-state index contributed by atoms with van der Waals surface area (Å²) >= 11 is 0. The summed E-state index contributed by atoms with van der Waals surface area (Å²) in [6.07, 6.45) is 4.56. The van der Waals surface area contributed by atoms with Gasteiger partial charge in [0, 0.05) is 29.9 Å². The molecule has 0 spiro atoms. The first-order valence-corrected chi connectivity index (χ1v) is 8.83. The van der Waals surface area contributed by atoms with E-state index < -0.39 is 0 Å². The highest BCUT2D eigenvalue weighted by Crippen LogP contribution is 2.21. The van der Waals surface area contributed by atoms with Gasteiger partial charge in [0.25, 0.3) is 5.91 Å². The molecule has 0 fully saturated rings. The number of hydrogen-bond donors (Lipinski definition) is 1. The molecule has 1 N–H and O–H groups in total. The van der Waals surface area contributed by atoms with Crippen molar-refractivity contribution in [2.75, 3.05) is 0 Å². The number of rotatable bonds is 6. The number of nitrogens with zero attached hydrogens (tertiary/aromatic N) is 2. The molecule has 0 bridgehead atoms. The molecule has 0 unspecified atom stereocenters. The molecule has 0 saturated heterocycles. The van der Waals surface area contributed by atoms with E-state index in [1.54, 1.807) is 48.8 Å². The van der Waals surface area contributed by atoms with Crippen LogP contribution in [0.2, 0.25) is 0 Å². The van der Waals surface area contributed by atoms with Gasteiger partial charge in [0.2, 0.25) is 5.88 Å². The van der Waals surface area contributed by atoms with Crippen LogP contribution in [0.25, 0.3) is 11.3 Å². The maximum atomic E-state index is 13.0. The lowest BCUT2D eigenvalue weighted by atomic mass is 10.1. The zero-order valence-corrected chi connectivity index (χ0v) is 15.2. The lowest BCUT2D eigenvalue weighted by Crippen LogP contribution is -2.22. The average Bonchev–Trinajstić information content (AvgIpc) is 3.29. The number of aromatic nitrogens is 2. The van der Waals surface area contributed by atoms with E-state index in [4.69, 9.17) is 9.15 Å². The smallest absolute Gasteiger partial charge is 0.251 e. The van der Waals surface area contributed by atoms with E-state index in [-0.39, 0.29) is 11.7 Å². The van der Waals surface area contributed by atoms with E-state index in [9.17, 15) is 9.18 Å². The van der Waals surface area contributed by atoms with Gasteiger partial charge < -0.3 is 14.5 Å². The summed E-state index contributed by atoms with van der Waals surface area (Å²) in [6, 6.07) is 16.2. The Morgan fingerprint density at radius 2 is 1.86 bits per heavy atom. The van der Waals surface area contributed by atoms with Crippen LogP contribution >= 0.6 is 0 Å². The summed E-state index contributed by atoms with van der Waals surface area (Å²) in [5, 5.41) is 2.86. The van der Waals surface area contributed by atoms with Crippen molar-refractivity contribution in [2.45, 2.75) is 6.54 Å². The fourth-order valence-electron chi connectivity index (χ4n) is 2.67. The predicted octanol–water partition coefficient (Wildman–Crippen LogP) is 4.60. The molecule has 1 amide bonds. The van der Waals surface area contributed by atoms with Crippen molar-refractivity contribution < 1.29 is 18.3 Å². The number of carbonyl (C=O) groups excluding carboxylic acids is 1. The average molecular weight is 389 g/mol. The van der Waals surface area contributed by atoms with Crippen molar-refractivity contribution in [3.05, 3.63) is 96.4 Å². The van der Waals surface area contributed by atoms with Gasteiger partial charge in [-0.2, -0.15) is 0 Å². The Kier molecular flexibility index (Phi) is 5.29. The second-order valence-electron chi connectivity index (χ2n) is 6.18. The molecule has 0 aliphatic heterocycles. The number of carbonyl (C=O) groups is 1. The highest BCUT2D eigenvalue weighted by atomic mass is 19.1. The van der Waals surface area contributed by atoms with Crippen LogP contribution in [-0.4, -0.2) is 15.9 Å². The molecule has 2 aromatic heterocycles. The maximum absolute atomic E-state index is 13.0. The molecule has 0 aliphatic rings. The second-order valence-corrected chi connectivity index (χ2v) is 6.18. The first-order chi connectivity index (χ1) is 14.2. The van der Waals surface area contributed by atoms with Crippen LogP contribution in [0.15, 0.2) is 83.9 Å². The Labute approximate surface area is 166 Å². The largest absolute Gasteiger partial charge is 0.444 e. The highest BCUT2D eigenvalue weighted by molar-refractivity contribution is 5.94. The molecule has 2 aromatic carbocycles. The number of amides is 1. The molecule has 4 rings (SSSR count). The predicted molar refractivity (Wildman–Crippen MR) is 104 cm³/mol. The number of oxazole rings is 1. The maximum Gasteiger partial charge on any atom is 0.251 e.